The monoisotopic (exact) mass is 457 g/mol. The topological polar surface area (TPSA) is 105 Å². The van der Waals surface area contributed by atoms with Crippen LogP contribution in [0, 0.1) is 12.3 Å². The summed E-state index contributed by atoms with van der Waals surface area (Å²) in [5.74, 6) is -0.723. The molecule has 1 aromatic rings. The van der Waals surface area contributed by atoms with Gasteiger partial charge < -0.3 is 21.0 Å². The van der Waals surface area contributed by atoms with Gasteiger partial charge in [-0.15, -0.1) is 0 Å². The second-order valence-corrected chi connectivity index (χ2v) is 8.56. The van der Waals surface area contributed by atoms with E-state index in [4.69, 9.17) is 11.1 Å². The van der Waals surface area contributed by atoms with Crippen LogP contribution in [-0.4, -0.2) is 53.3 Å². The highest BCUT2D eigenvalue weighted by Crippen LogP contribution is 2.29. The highest BCUT2D eigenvalue weighted by Gasteiger charge is 2.28. The van der Waals surface area contributed by atoms with Gasteiger partial charge in [-0.05, 0) is 64.4 Å². The predicted octanol–water partition coefficient (Wildman–Crippen LogP) is 3.74. The van der Waals surface area contributed by atoms with Crippen LogP contribution in [0.1, 0.15) is 43.5 Å². The zero-order valence-corrected chi connectivity index (χ0v) is 19.4. The highest BCUT2D eigenvalue weighted by atomic mass is 19.3. The molecule has 0 radical (unpaired) electrons. The van der Waals surface area contributed by atoms with Crippen LogP contribution in [0.2, 0.25) is 0 Å². The third-order valence-corrected chi connectivity index (χ3v) is 6.01. The van der Waals surface area contributed by atoms with E-state index in [-0.39, 0.29) is 5.57 Å². The Morgan fingerprint density at radius 2 is 2.09 bits per heavy atom. The van der Waals surface area contributed by atoms with Crippen molar-refractivity contribution in [2.75, 3.05) is 19.6 Å². The van der Waals surface area contributed by atoms with Crippen molar-refractivity contribution in [2.45, 2.75) is 45.8 Å². The molecular weight excluding hydrogens is 424 g/mol. The van der Waals surface area contributed by atoms with Gasteiger partial charge in [-0.25, -0.2) is 13.8 Å². The van der Waals surface area contributed by atoms with Crippen LogP contribution in [0.15, 0.2) is 47.4 Å². The molecule has 2 aliphatic heterocycles. The number of aromatic amines is 1. The van der Waals surface area contributed by atoms with E-state index in [0.29, 0.717) is 34.8 Å². The lowest BCUT2D eigenvalue weighted by molar-refractivity contribution is 0.215. The number of hydrogen-bond acceptors (Lipinski definition) is 6. The number of halogens is 2. The highest BCUT2D eigenvalue weighted by molar-refractivity contribution is 5.98. The molecule has 178 valence electrons. The Balaban J connectivity index is 1.82. The summed E-state index contributed by atoms with van der Waals surface area (Å²) in [4.78, 5) is 9.91. The standard InChI is InChI=1S/C24H33F2N7/c1-15(11-20-18(4)29-13-21(20)16(2)23(25)26)24(28)31-8-7-22(32-24)30-12-19(17(3)27)14-33-9-5-6-10-33/h7-8,11-13,23,27,29,31H,2,5-6,9-10,14,28H2,1,3-4H3,(H,30,32)/b15-11+,19-12-,27-17?. The summed E-state index contributed by atoms with van der Waals surface area (Å²) >= 11 is 0. The first-order valence-corrected chi connectivity index (χ1v) is 11.0. The number of aromatic nitrogens is 1. The number of alkyl halides is 2. The van der Waals surface area contributed by atoms with E-state index in [1.165, 1.54) is 19.0 Å². The van der Waals surface area contributed by atoms with Crippen LogP contribution in [0.5, 0.6) is 0 Å². The fourth-order valence-electron chi connectivity index (χ4n) is 3.84. The SMILES string of the molecule is C=C(c1c[nH]c(C)c1/C=C(\C)C1(N)N=C(N/C=C(/CN2CCCC2)C(C)=N)C=CN1)C(F)F. The summed E-state index contributed by atoms with van der Waals surface area (Å²) in [5, 5.41) is 14.3. The predicted molar refractivity (Wildman–Crippen MR) is 131 cm³/mol. The number of aliphatic imine (C=N–C) groups is 1. The molecule has 9 heteroatoms. The second-order valence-electron chi connectivity index (χ2n) is 8.56. The van der Waals surface area contributed by atoms with E-state index in [0.717, 1.165) is 24.4 Å². The largest absolute Gasteiger partial charge is 0.364 e. The third-order valence-electron chi connectivity index (χ3n) is 6.01. The average molecular weight is 458 g/mol. The van der Waals surface area contributed by atoms with E-state index in [9.17, 15) is 8.78 Å². The smallest absolute Gasteiger partial charge is 0.263 e. The Kier molecular flexibility index (Phi) is 7.65. The van der Waals surface area contributed by atoms with E-state index >= 15 is 0 Å². The van der Waals surface area contributed by atoms with Crippen LogP contribution >= 0.6 is 0 Å². The molecule has 3 heterocycles. The number of hydrogen-bond donors (Lipinski definition) is 5. The fourth-order valence-corrected chi connectivity index (χ4v) is 3.84. The van der Waals surface area contributed by atoms with Crippen molar-refractivity contribution in [3.63, 3.8) is 0 Å². The van der Waals surface area contributed by atoms with Crippen molar-refractivity contribution < 1.29 is 8.78 Å². The molecule has 33 heavy (non-hydrogen) atoms. The molecule has 1 unspecified atom stereocenters. The number of likely N-dealkylation sites (tertiary alicyclic amines) is 1. The molecule has 0 amide bonds. The van der Waals surface area contributed by atoms with Crippen LogP contribution in [0.4, 0.5) is 8.78 Å². The number of rotatable bonds is 8. The average Bonchev–Trinajstić information content (AvgIpc) is 3.40. The van der Waals surface area contributed by atoms with Crippen molar-refractivity contribution >= 4 is 23.2 Å². The number of H-pyrrole nitrogens is 1. The molecule has 0 aromatic carbocycles. The quantitative estimate of drug-likeness (QED) is 0.384. The molecule has 0 aliphatic carbocycles. The number of nitrogens with one attached hydrogen (secondary N) is 4. The second kappa shape index (κ2) is 10.3. The van der Waals surface area contributed by atoms with Crippen molar-refractivity contribution in [3.8, 4) is 0 Å². The van der Waals surface area contributed by atoms with Gasteiger partial charge in [0.2, 0.25) is 5.79 Å². The van der Waals surface area contributed by atoms with Crippen LogP contribution < -0.4 is 16.4 Å². The van der Waals surface area contributed by atoms with Crippen molar-refractivity contribution in [1.29, 1.82) is 5.41 Å². The molecule has 1 atom stereocenters. The van der Waals surface area contributed by atoms with Crippen LogP contribution in [0.25, 0.3) is 11.6 Å². The lowest BCUT2D eigenvalue weighted by Crippen LogP contribution is -2.53. The fraction of sp³-hybridized carbons (Fsp3) is 0.417. The van der Waals surface area contributed by atoms with Crippen molar-refractivity contribution in [1.82, 2.24) is 20.5 Å². The van der Waals surface area contributed by atoms with Gasteiger partial charge in [0.25, 0.3) is 6.43 Å². The Hall–Kier alpha value is -3.04. The van der Waals surface area contributed by atoms with Gasteiger partial charge >= 0.3 is 0 Å². The molecule has 1 fully saturated rings. The first-order valence-electron chi connectivity index (χ1n) is 11.0. The van der Waals surface area contributed by atoms with Gasteiger partial charge in [0.05, 0.1) is 0 Å². The number of nitrogens with two attached hydrogens (primary N) is 1. The Bertz CT molecular complexity index is 1030. The van der Waals surface area contributed by atoms with Gasteiger partial charge in [-0.3, -0.25) is 10.6 Å². The molecule has 6 N–H and O–H groups in total. The van der Waals surface area contributed by atoms with E-state index in [2.05, 4.69) is 32.1 Å². The molecular formula is C24H33F2N7. The van der Waals surface area contributed by atoms with E-state index in [1.807, 2.05) is 0 Å². The Morgan fingerprint density at radius 1 is 1.39 bits per heavy atom. The summed E-state index contributed by atoms with van der Waals surface area (Å²) in [5.41, 5.74) is 10.0. The van der Waals surface area contributed by atoms with Gasteiger partial charge in [-0.1, -0.05) is 6.58 Å². The van der Waals surface area contributed by atoms with E-state index < -0.39 is 12.2 Å². The summed E-state index contributed by atoms with van der Waals surface area (Å²) in [6.45, 7) is 11.7. The molecule has 7 nitrogen and oxygen atoms in total. The molecule has 1 saturated heterocycles. The number of allylic oxidation sites excluding steroid dienone is 1. The van der Waals surface area contributed by atoms with Gasteiger partial charge in [-0.2, -0.15) is 0 Å². The summed E-state index contributed by atoms with van der Waals surface area (Å²) in [7, 11) is 0. The summed E-state index contributed by atoms with van der Waals surface area (Å²) in [6.07, 6.45) is 8.26. The Morgan fingerprint density at radius 3 is 2.73 bits per heavy atom. The number of amidine groups is 1. The summed E-state index contributed by atoms with van der Waals surface area (Å²) in [6, 6.07) is 0. The van der Waals surface area contributed by atoms with E-state index in [1.54, 1.807) is 45.3 Å². The van der Waals surface area contributed by atoms with Crippen molar-refractivity contribution in [2.24, 2.45) is 10.7 Å². The summed E-state index contributed by atoms with van der Waals surface area (Å²) < 4.78 is 26.4. The minimum absolute atomic E-state index is 0.246. The maximum Gasteiger partial charge on any atom is 0.263 e. The van der Waals surface area contributed by atoms with Gasteiger partial charge in [0.15, 0.2) is 0 Å². The zero-order valence-electron chi connectivity index (χ0n) is 19.4. The van der Waals surface area contributed by atoms with Crippen molar-refractivity contribution in [3.05, 3.63) is 59.2 Å². The Labute approximate surface area is 193 Å². The molecule has 0 bridgehead atoms. The molecule has 1 aromatic heterocycles. The van der Waals surface area contributed by atoms with Crippen LogP contribution in [0.3, 0.4) is 0 Å². The minimum Gasteiger partial charge on any atom is -0.364 e. The molecule has 2 aliphatic rings. The number of nitrogens with zero attached hydrogens (tertiary/aromatic N) is 2. The molecule has 3 rings (SSSR count). The van der Waals surface area contributed by atoms with Crippen LogP contribution in [-0.2, 0) is 0 Å². The number of aryl methyl sites for hydroxylation is 1. The van der Waals surface area contributed by atoms with Gasteiger partial charge in [0.1, 0.15) is 5.84 Å². The lowest BCUT2D eigenvalue weighted by Gasteiger charge is -2.30. The first kappa shape index (κ1) is 24.6. The lowest BCUT2D eigenvalue weighted by atomic mass is 10.00. The first-order chi connectivity index (χ1) is 15.6. The third kappa shape index (κ3) is 5.85. The molecule has 0 saturated carbocycles. The zero-order chi connectivity index (χ0) is 24.2. The maximum atomic E-state index is 13.2. The van der Waals surface area contributed by atoms with Gasteiger partial charge in [0, 0.05) is 58.8 Å². The minimum atomic E-state index is -2.65. The maximum absolute atomic E-state index is 13.2. The molecule has 0 spiro atoms. The normalized spacial score (nSPS) is 21.8.